The van der Waals surface area contributed by atoms with E-state index >= 15 is 0 Å². The van der Waals surface area contributed by atoms with Gasteiger partial charge in [0.05, 0.1) is 35.7 Å². The number of aromatic nitrogens is 3. The van der Waals surface area contributed by atoms with Gasteiger partial charge in [-0.3, -0.25) is 4.79 Å². The molecule has 0 aliphatic heterocycles. The Labute approximate surface area is 155 Å². The van der Waals surface area contributed by atoms with Crippen LogP contribution in [0.1, 0.15) is 22.8 Å². The van der Waals surface area contributed by atoms with E-state index in [9.17, 15) is 9.59 Å². The molecule has 0 bridgehead atoms. The Kier molecular flexibility index (Phi) is 5.42. The van der Waals surface area contributed by atoms with Crippen LogP contribution in [0.3, 0.4) is 0 Å². The third-order valence-electron chi connectivity index (χ3n) is 3.89. The number of amides is 1. The van der Waals surface area contributed by atoms with E-state index in [1.54, 1.807) is 13.1 Å². The molecular weight excluding hydrogens is 346 g/mol. The maximum Gasteiger partial charge on any atom is 0.340 e. The zero-order valence-corrected chi connectivity index (χ0v) is 14.7. The molecule has 0 aliphatic carbocycles. The highest BCUT2D eigenvalue weighted by Crippen LogP contribution is 2.29. The fraction of sp³-hybridized carbons (Fsp3) is 0.211. The van der Waals surface area contributed by atoms with Crippen LogP contribution >= 0.6 is 0 Å². The van der Waals surface area contributed by atoms with Gasteiger partial charge >= 0.3 is 5.97 Å². The second-order valence-corrected chi connectivity index (χ2v) is 5.68. The topological polar surface area (TPSA) is 121 Å². The zero-order valence-electron chi connectivity index (χ0n) is 14.7. The van der Waals surface area contributed by atoms with Gasteiger partial charge in [-0.1, -0.05) is 18.2 Å². The smallest absolute Gasteiger partial charge is 0.340 e. The van der Waals surface area contributed by atoms with Crippen LogP contribution in [0.15, 0.2) is 36.8 Å². The summed E-state index contributed by atoms with van der Waals surface area (Å²) in [6.07, 6.45) is 3.11. The first-order valence-electron chi connectivity index (χ1n) is 8.36. The summed E-state index contributed by atoms with van der Waals surface area (Å²) in [5.41, 5.74) is 2.98. The minimum atomic E-state index is -0.452. The van der Waals surface area contributed by atoms with Gasteiger partial charge < -0.3 is 15.0 Å². The first kappa shape index (κ1) is 18.1. The lowest BCUT2D eigenvalue weighted by molar-refractivity contribution is -0.120. The van der Waals surface area contributed by atoms with Crippen LogP contribution < -0.4 is 5.32 Å². The van der Waals surface area contributed by atoms with Gasteiger partial charge in [0.2, 0.25) is 5.91 Å². The molecule has 2 aromatic heterocycles. The van der Waals surface area contributed by atoms with E-state index in [-0.39, 0.29) is 25.5 Å². The fourth-order valence-electron chi connectivity index (χ4n) is 2.77. The highest BCUT2D eigenvalue weighted by Gasteiger charge is 2.19. The number of esters is 1. The summed E-state index contributed by atoms with van der Waals surface area (Å²) in [4.78, 5) is 35.6. The Bertz CT molecular complexity index is 1040. The van der Waals surface area contributed by atoms with Gasteiger partial charge in [-0.05, 0) is 18.6 Å². The average Bonchev–Trinajstić information content (AvgIpc) is 3.11. The lowest BCUT2D eigenvalue weighted by Crippen LogP contribution is -2.25. The van der Waals surface area contributed by atoms with Gasteiger partial charge in [0.25, 0.3) is 0 Å². The maximum atomic E-state index is 12.2. The zero-order chi connectivity index (χ0) is 19.2. The average molecular weight is 363 g/mol. The molecule has 1 amide bonds. The van der Waals surface area contributed by atoms with Gasteiger partial charge in [0.15, 0.2) is 0 Å². The van der Waals surface area contributed by atoms with Gasteiger partial charge in [-0.15, -0.1) is 0 Å². The first-order chi connectivity index (χ1) is 13.1. The van der Waals surface area contributed by atoms with Gasteiger partial charge in [-0.2, -0.15) is 5.26 Å². The number of hydrogen-bond acceptors (Lipinski definition) is 6. The van der Waals surface area contributed by atoms with Crippen molar-refractivity contribution in [2.24, 2.45) is 0 Å². The lowest BCUT2D eigenvalue weighted by Gasteiger charge is -2.07. The molecule has 3 rings (SSSR count). The number of nitrogens with zero attached hydrogens (tertiary/aromatic N) is 3. The highest BCUT2D eigenvalue weighted by molar-refractivity contribution is 6.08. The Morgan fingerprint density at radius 1 is 1.33 bits per heavy atom. The van der Waals surface area contributed by atoms with Crippen molar-refractivity contribution in [3.63, 3.8) is 0 Å². The minimum absolute atomic E-state index is 0.0304. The summed E-state index contributed by atoms with van der Waals surface area (Å²) in [7, 11) is 0. The number of ether oxygens (including phenoxy) is 1. The third-order valence-corrected chi connectivity index (χ3v) is 3.89. The molecule has 0 unspecified atom stereocenters. The SMILES string of the molecule is CCOC(=O)c1c[nH]c2ncnc(-c3cccc(CC(=O)NCC#N)c3)c12. The van der Waals surface area contributed by atoms with Crippen LogP contribution in [0.5, 0.6) is 0 Å². The van der Waals surface area contributed by atoms with E-state index in [1.807, 2.05) is 30.3 Å². The van der Waals surface area contributed by atoms with Crippen molar-refractivity contribution in [1.29, 1.82) is 5.26 Å². The number of nitrogens with one attached hydrogen (secondary N) is 2. The number of H-pyrrole nitrogens is 1. The van der Waals surface area contributed by atoms with Crippen LogP contribution in [-0.4, -0.2) is 40.0 Å². The fourth-order valence-corrected chi connectivity index (χ4v) is 2.77. The van der Waals surface area contributed by atoms with Crippen molar-refractivity contribution in [2.75, 3.05) is 13.2 Å². The summed E-state index contributed by atoms with van der Waals surface area (Å²) in [5, 5.41) is 11.6. The predicted octanol–water partition coefficient (Wildman–Crippen LogP) is 1.98. The summed E-state index contributed by atoms with van der Waals surface area (Å²) < 4.78 is 5.11. The molecule has 27 heavy (non-hydrogen) atoms. The summed E-state index contributed by atoms with van der Waals surface area (Å²) in [6, 6.07) is 9.18. The molecule has 8 nitrogen and oxygen atoms in total. The predicted molar refractivity (Wildman–Crippen MR) is 97.6 cm³/mol. The second-order valence-electron chi connectivity index (χ2n) is 5.68. The minimum Gasteiger partial charge on any atom is -0.462 e. The van der Waals surface area contributed by atoms with Crippen LogP contribution in [0.4, 0.5) is 0 Å². The number of nitriles is 1. The molecule has 0 saturated carbocycles. The molecule has 2 N–H and O–H groups in total. The van der Waals surface area contributed by atoms with Crippen molar-refractivity contribution >= 4 is 22.9 Å². The Hall–Kier alpha value is -3.73. The van der Waals surface area contributed by atoms with E-state index in [0.717, 1.165) is 11.1 Å². The van der Waals surface area contributed by atoms with Crippen LogP contribution in [0, 0.1) is 11.3 Å². The van der Waals surface area contributed by atoms with Crippen molar-refractivity contribution in [3.05, 3.63) is 47.9 Å². The molecule has 0 saturated heterocycles. The first-order valence-corrected chi connectivity index (χ1v) is 8.36. The van der Waals surface area contributed by atoms with E-state index in [1.165, 1.54) is 6.33 Å². The van der Waals surface area contributed by atoms with Crippen molar-refractivity contribution in [1.82, 2.24) is 20.3 Å². The molecule has 136 valence electrons. The van der Waals surface area contributed by atoms with E-state index in [0.29, 0.717) is 22.3 Å². The summed E-state index contributed by atoms with van der Waals surface area (Å²) >= 11 is 0. The third kappa shape index (κ3) is 3.93. The largest absolute Gasteiger partial charge is 0.462 e. The van der Waals surface area contributed by atoms with Crippen molar-refractivity contribution < 1.29 is 14.3 Å². The van der Waals surface area contributed by atoms with Crippen LogP contribution in [0.25, 0.3) is 22.3 Å². The Balaban J connectivity index is 1.99. The molecule has 0 aliphatic rings. The van der Waals surface area contributed by atoms with E-state index in [4.69, 9.17) is 10.00 Å². The molecule has 0 atom stereocenters. The number of aromatic amines is 1. The second kappa shape index (κ2) is 8.10. The van der Waals surface area contributed by atoms with E-state index < -0.39 is 5.97 Å². The number of benzene rings is 1. The van der Waals surface area contributed by atoms with Gasteiger partial charge in [-0.25, -0.2) is 14.8 Å². The van der Waals surface area contributed by atoms with Crippen LogP contribution in [-0.2, 0) is 16.0 Å². The monoisotopic (exact) mass is 363 g/mol. The number of carbonyl (C=O) groups excluding carboxylic acids is 2. The number of hydrogen-bond donors (Lipinski definition) is 2. The van der Waals surface area contributed by atoms with Gasteiger partial charge in [0, 0.05) is 11.8 Å². The van der Waals surface area contributed by atoms with Gasteiger partial charge in [0.1, 0.15) is 18.5 Å². The van der Waals surface area contributed by atoms with E-state index in [2.05, 4.69) is 20.3 Å². The molecule has 3 aromatic rings. The molecule has 0 spiro atoms. The maximum absolute atomic E-state index is 12.2. The van der Waals surface area contributed by atoms with Crippen LogP contribution in [0.2, 0.25) is 0 Å². The molecule has 2 heterocycles. The van der Waals surface area contributed by atoms with Crippen molar-refractivity contribution in [2.45, 2.75) is 13.3 Å². The standard InChI is InChI=1S/C19H17N5O3/c1-2-27-19(26)14-10-22-18-16(14)17(23-11-24-18)13-5-3-4-12(8-13)9-15(25)21-7-6-20/h3-5,8,10-11H,2,7,9H2,1H3,(H,21,25)(H,22,23,24). The lowest BCUT2D eigenvalue weighted by atomic mass is 10.0. The highest BCUT2D eigenvalue weighted by atomic mass is 16.5. The van der Waals surface area contributed by atoms with Crippen molar-refractivity contribution in [3.8, 4) is 17.3 Å². The molecular formula is C19H17N5O3. The summed E-state index contributed by atoms with van der Waals surface area (Å²) in [5.74, 6) is -0.692. The normalized spacial score (nSPS) is 10.4. The Morgan fingerprint density at radius 2 is 2.19 bits per heavy atom. The molecule has 0 fully saturated rings. The summed E-state index contributed by atoms with van der Waals surface area (Å²) in [6.45, 7) is 1.98. The number of fused-ring (bicyclic) bond motifs is 1. The molecule has 8 heteroatoms. The quantitative estimate of drug-likeness (QED) is 0.510. The number of rotatable bonds is 6. The Morgan fingerprint density at radius 3 is 2.96 bits per heavy atom. The molecule has 0 radical (unpaired) electrons. The molecule has 1 aromatic carbocycles. The number of carbonyl (C=O) groups is 2.